The topological polar surface area (TPSA) is 15.3 Å². The van der Waals surface area contributed by atoms with Gasteiger partial charge in [0.1, 0.15) is 0 Å². The van der Waals surface area contributed by atoms with Crippen LogP contribution in [0.25, 0.3) is 0 Å². The van der Waals surface area contributed by atoms with Crippen molar-refractivity contribution in [2.24, 2.45) is 5.92 Å². The minimum absolute atomic E-state index is 0. The Morgan fingerprint density at radius 1 is 1.05 bits per heavy atom. The van der Waals surface area contributed by atoms with E-state index in [0.717, 1.165) is 19.0 Å². The van der Waals surface area contributed by atoms with Crippen LogP contribution in [0.5, 0.6) is 0 Å². The first-order valence-electron chi connectivity index (χ1n) is 7.78. The molecule has 1 heterocycles. The number of hydrogen-bond donors (Lipinski definition) is 1. The third kappa shape index (κ3) is 3.92. The fraction of sp³-hybridized carbons (Fsp3) is 0.647. The van der Waals surface area contributed by atoms with E-state index in [1.54, 1.807) is 5.56 Å². The molecule has 0 bridgehead atoms. The van der Waals surface area contributed by atoms with Crippen LogP contribution in [0.2, 0.25) is 0 Å². The van der Waals surface area contributed by atoms with E-state index in [1.165, 1.54) is 43.5 Å². The quantitative estimate of drug-likeness (QED) is 0.904. The second-order valence-corrected chi connectivity index (χ2v) is 6.23. The highest BCUT2D eigenvalue weighted by atomic mass is 35.5. The van der Waals surface area contributed by atoms with Crippen molar-refractivity contribution >= 4 is 24.8 Å². The van der Waals surface area contributed by atoms with Crippen molar-refractivity contribution in [1.29, 1.82) is 0 Å². The van der Waals surface area contributed by atoms with Crippen molar-refractivity contribution in [2.75, 3.05) is 26.2 Å². The van der Waals surface area contributed by atoms with E-state index in [-0.39, 0.29) is 24.8 Å². The summed E-state index contributed by atoms with van der Waals surface area (Å²) in [6.07, 6.45) is 4.27. The molecule has 2 fully saturated rings. The molecule has 1 aromatic carbocycles. The van der Waals surface area contributed by atoms with Gasteiger partial charge in [0, 0.05) is 32.2 Å². The smallest absolute Gasteiger partial charge is 0.0382 e. The van der Waals surface area contributed by atoms with Crippen molar-refractivity contribution in [1.82, 2.24) is 10.2 Å². The molecule has 0 amide bonds. The predicted molar refractivity (Wildman–Crippen MR) is 94.9 cm³/mol. The summed E-state index contributed by atoms with van der Waals surface area (Å²) >= 11 is 0. The average molecular weight is 331 g/mol. The average Bonchev–Trinajstić information content (AvgIpc) is 2.36. The van der Waals surface area contributed by atoms with E-state index in [9.17, 15) is 0 Å². The Bertz CT molecular complexity index is 420. The molecule has 0 radical (unpaired) electrons. The Labute approximate surface area is 141 Å². The monoisotopic (exact) mass is 330 g/mol. The molecule has 1 saturated carbocycles. The molecular formula is C17H28Cl2N2. The lowest BCUT2D eigenvalue weighted by Gasteiger charge is -2.44. The van der Waals surface area contributed by atoms with Crippen molar-refractivity contribution in [2.45, 2.75) is 39.2 Å². The maximum atomic E-state index is 3.48. The fourth-order valence-electron chi connectivity index (χ4n) is 3.73. The van der Waals surface area contributed by atoms with Gasteiger partial charge in [-0.3, -0.25) is 4.90 Å². The highest BCUT2D eigenvalue weighted by molar-refractivity contribution is 5.85. The molecule has 2 nitrogen and oxygen atoms in total. The van der Waals surface area contributed by atoms with Gasteiger partial charge in [0.05, 0.1) is 0 Å². The Balaban J connectivity index is 0.00000110. The van der Waals surface area contributed by atoms with Crippen molar-refractivity contribution in [3.63, 3.8) is 0 Å². The zero-order valence-electron chi connectivity index (χ0n) is 13.1. The van der Waals surface area contributed by atoms with Crippen LogP contribution in [0.3, 0.4) is 0 Å². The number of rotatable bonds is 3. The zero-order valence-corrected chi connectivity index (χ0v) is 14.7. The minimum Gasteiger partial charge on any atom is -0.314 e. The summed E-state index contributed by atoms with van der Waals surface area (Å²) < 4.78 is 0. The summed E-state index contributed by atoms with van der Waals surface area (Å²) in [4.78, 5) is 2.73. The largest absolute Gasteiger partial charge is 0.314 e. The van der Waals surface area contributed by atoms with Crippen LogP contribution in [0.4, 0.5) is 0 Å². The minimum atomic E-state index is 0. The van der Waals surface area contributed by atoms with E-state index in [0.29, 0.717) is 6.04 Å². The lowest BCUT2D eigenvalue weighted by molar-refractivity contribution is 0.0828. The van der Waals surface area contributed by atoms with Crippen LogP contribution >= 0.6 is 24.8 Å². The SMILES string of the molecule is Cc1cccc(C)c1[C@@H](C1CCC1)N1CCNCC1.Cl.Cl. The van der Waals surface area contributed by atoms with Gasteiger partial charge < -0.3 is 5.32 Å². The number of hydrogen-bond acceptors (Lipinski definition) is 2. The van der Waals surface area contributed by atoms with E-state index >= 15 is 0 Å². The summed E-state index contributed by atoms with van der Waals surface area (Å²) in [6.45, 7) is 9.28. The summed E-state index contributed by atoms with van der Waals surface area (Å²) in [5.41, 5.74) is 4.58. The Kier molecular flexibility index (Phi) is 7.49. The van der Waals surface area contributed by atoms with Crippen LogP contribution in [-0.2, 0) is 0 Å². The van der Waals surface area contributed by atoms with Crippen LogP contribution in [-0.4, -0.2) is 31.1 Å². The number of aryl methyl sites for hydroxylation is 2. The second kappa shape index (κ2) is 8.38. The van der Waals surface area contributed by atoms with Crippen molar-refractivity contribution in [3.8, 4) is 0 Å². The van der Waals surface area contributed by atoms with E-state index in [4.69, 9.17) is 0 Å². The third-order valence-electron chi connectivity index (χ3n) is 4.98. The Morgan fingerprint density at radius 3 is 2.10 bits per heavy atom. The van der Waals surface area contributed by atoms with Gasteiger partial charge in [0.15, 0.2) is 0 Å². The molecule has 1 aromatic rings. The first-order chi connectivity index (χ1) is 9.27. The van der Waals surface area contributed by atoms with Crippen LogP contribution in [0.1, 0.15) is 42.0 Å². The van der Waals surface area contributed by atoms with Gasteiger partial charge in [-0.1, -0.05) is 24.6 Å². The van der Waals surface area contributed by atoms with Gasteiger partial charge in [0.2, 0.25) is 0 Å². The van der Waals surface area contributed by atoms with Crippen LogP contribution in [0.15, 0.2) is 18.2 Å². The van der Waals surface area contributed by atoms with E-state index in [2.05, 4.69) is 42.3 Å². The van der Waals surface area contributed by atoms with E-state index < -0.39 is 0 Å². The van der Waals surface area contributed by atoms with Gasteiger partial charge in [-0.15, -0.1) is 24.8 Å². The molecule has 21 heavy (non-hydrogen) atoms. The van der Waals surface area contributed by atoms with Gasteiger partial charge in [0.25, 0.3) is 0 Å². The molecule has 4 heteroatoms. The molecule has 120 valence electrons. The number of nitrogens with one attached hydrogen (secondary N) is 1. The molecule has 1 atom stereocenters. The molecule has 0 aromatic heterocycles. The van der Waals surface area contributed by atoms with Crippen molar-refractivity contribution < 1.29 is 0 Å². The van der Waals surface area contributed by atoms with Crippen LogP contribution < -0.4 is 5.32 Å². The highest BCUT2D eigenvalue weighted by Crippen LogP contribution is 2.43. The molecule has 1 aliphatic carbocycles. The molecule has 2 aliphatic rings. The van der Waals surface area contributed by atoms with Gasteiger partial charge in [-0.05, 0) is 49.3 Å². The van der Waals surface area contributed by atoms with Gasteiger partial charge in [-0.25, -0.2) is 0 Å². The van der Waals surface area contributed by atoms with Crippen molar-refractivity contribution in [3.05, 3.63) is 34.9 Å². The summed E-state index contributed by atoms with van der Waals surface area (Å²) in [5, 5.41) is 3.48. The summed E-state index contributed by atoms with van der Waals surface area (Å²) in [6, 6.07) is 7.44. The normalized spacial score (nSPS) is 20.9. The third-order valence-corrected chi connectivity index (χ3v) is 4.98. The molecule has 1 saturated heterocycles. The Hall–Kier alpha value is -0.280. The first kappa shape index (κ1) is 18.8. The maximum Gasteiger partial charge on any atom is 0.0382 e. The lowest BCUT2D eigenvalue weighted by Crippen LogP contribution is -2.48. The molecule has 1 N–H and O–H groups in total. The lowest BCUT2D eigenvalue weighted by atomic mass is 9.74. The summed E-state index contributed by atoms with van der Waals surface area (Å²) in [7, 11) is 0. The highest BCUT2D eigenvalue weighted by Gasteiger charge is 2.34. The maximum absolute atomic E-state index is 3.48. The molecule has 3 rings (SSSR count). The summed E-state index contributed by atoms with van der Waals surface area (Å²) in [5.74, 6) is 0.887. The number of halogens is 2. The van der Waals surface area contributed by atoms with Gasteiger partial charge in [-0.2, -0.15) is 0 Å². The predicted octanol–water partition coefficient (Wildman–Crippen LogP) is 3.89. The number of benzene rings is 1. The van der Waals surface area contributed by atoms with Crippen LogP contribution in [0, 0.1) is 19.8 Å². The first-order valence-corrected chi connectivity index (χ1v) is 7.78. The molecule has 1 aliphatic heterocycles. The molecule has 0 spiro atoms. The van der Waals surface area contributed by atoms with Gasteiger partial charge >= 0.3 is 0 Å². The Morgan fingerprint density at radius 2 is 1.62 bits per heavy atom. The second-order valence-electron chi connectivity index (χ2n) is 6.23. The van der Waals surface area contributed by atoms with E-state index in [1.807, 2.05) is 0 Å². The molecule has 0 unspecified atom stereocenters. The number of nitrogens with zero attached hydrogens (tertiary/aromatic N) is 1. The number of piperazine rings is 1. The standard InChI is InChI=1S/C17H26N2.2ClH/c1-13-5-3-6-14(2)16(13)17(15-7-4-8-15)19-11-9-18-10-12-19;;/h3,5-6,15,17-18H,4,7-12H2,1-2H3;2*1H/t17-;;/m1../s1. The fourth-order valence-corrected chi connectivity index (χ4v) is 3.73. The molecular weight excluding hydrogens is 303 g/mol. The zero-order chi connectivity index (χ0) is 13.2.